The van der Waals surface area contributed by atoms with Crippen molar-refractivity contribution in [3.05, 3.63) is 70.6 Å². The maximum Gasteiger partial charge on any atom is 0.124 e. The number of pyridine rings is 1. The van der Waals surface area contributed by atoms with Crippen molar-refractivity contribution in [1.82, 2.24) is 30.4 Å². The van der Waals surface area contributed by atoms with E-state index in [1.54, 1.807) is 18.3 Å². The van der Waals surface area contributed by atoms with Gasteiger partial charge >= 0.3 is 0 Å². The Kier molecular flexibility index (Phi) is 7.86. The number of aryl methyl sites for hydroxylation is 1. The van der Waals surface area contributed by atoms with Crippen LogP contribution in [0.1, 0.15) is 31.7 Å². The number of H-pyrrole nitrogens is 2. The number of aromatic nitrogens is 4. The van der Waals surface area contributed by atoms with Gasteiger partial charge in [0.05, 0.1) is 16.7 Å². The van der Waals surface area contributed by atoms with E-state index in [0.29, 0.717) is 5.92 Å². The van der Waals surface area contributed by atoms with Crippen molar-refractivity contribution in [1.29, 1.82) is 0 Å². The van der Waals surface area contributed by atoms with Crippen LogP contribution in [-0.2, 0) is 6.42 Å². The van der Waals surface area contributed by atoms with Crippen LogP contribution in [-0.4, -0.2) is 58.8 Å². The van der Waals surface area contributed by atoms with E-state index in [-0.39, 0.29) is 5.82 Å². The second kappa shape index (κ2) is 11.5. The summed E-state index contributed by atoms with van der Waals surface area (Å²) in [6.45, 7) is 9.43. The summed E-state index contributed by atoms with van der Waals surface area (Å²) in [5, 5.41) is 14.2. The normalized spacial score (nSPS) is 15.7. The minimum Gasteiger partial charge on any atom is -0.353 e. The number of hydrogen-bond donors (Lipinski definition) is 3. The van der Waals surface area contributed by atoms with E-state index in [0.717, 1.165) is 101 Å². The van der Waals surface area contributed by atoms with Gasteiger partial charge in [-0.1, -0.05) is 18.2 Å². The Hall–Kier alpha value is -3.55. The summed E-state index contributed by atoms with van der Waals surface area (Å²) in [7, 11) is 4.11. The summed E-state index contributed by atoms with van der Waals surface area (Å²) in [6.07, 6.45) is 9.98. The Morgan fingerprint density at radius 3 is 2.74 bits per heavy atom. The van der Waals surface area contributed by atoms with Crippen molar-refractivity contribution >= 4 is 23.1 Å². The molecule has 1 aromatic carbocycles. The number of nitrogens with zero attached hydrogens (tertiary/aromatic N) is 3. The Morgan fingerprint density at radius 2 is 1.97 bits per heavy atom. The molecule has 4 heterocycles. The molecule has 0 saturated carbocycles. The second-order valence-corrected chi connectivity index (χ2v) is 10.5. The summed E-state index contributed by atoms with van der Waals surface area (Å²) in [5.41, 5.74) is 6.36. The molecular weight excluding hydrogens is 475 g/mol. The molecule has 3 aromatic heterocycles. The zero-order valence-electron chi connectivity index (χ0n) is 22.6. The quantitative estimate of drug-likeness (QED) is 0.328. The minimum atomic E-state index is -0.236. The van der Waals surface area contributed by atoms with E-state index < -0.39 is 0 Å². The van der Waals surface area contributed by atoms with Crippen molar-refractivity contribution in [2.75, 3.05) is 33.7 Å². The second-order valence-electron chi connectivity index (χ2n) is 10.5. The first-order valence-corrected chi connectivity index (χ1v) is 13.5. The molecule has 0 aliphatic carbocycles. The van der Waals surface area contributed by atoms with Crippen LogP contribution < -0.4 is 15.9 Å². The van der Waals surface area contributed by atoms with Gasteiger partial charge in [-0.05, 0) is 114 Å². The minimum absolute atomic E-state index is 0.236. The molecule has 0 bridgehead atoms. The molecule has 38 heavy (non-hydrogen) atoms. The number of fused-ring (bicyclic) bond motifs is 1. The molecule has 1 fully saturated rings. The third-order valence-corrected chi connectivity index (χ3v) is 7.42. The molecule has 1 aliphatic rings. The van der Waals surface area contributed by atoms with Gasteiger partial charge in [0, 0.05) is 27.9 Å². The molecule has 0 amide bonds. The molecule has 7 heteroatoms. The number of nitrogens with one attached hydrogen (secondary N) is 3. The van der Waals surface area contributed by atoms with E-state index >= 15 is 0 Å². The third kappa shape index (κ3) is 5.64. The zero-order chi connectivity index (χ0) is 26.6. The monoisotopic (exact) mass is 512 g/mol. The van der Waals surface area contributed by atoms with Crippen LogP contribution >= 0.6 is 0 Å². The van der Waals surface area contributed by atoms with E-state index in [4.69, 9.17) is 0 Å². The molecule has 0 radical (unpaired) electrons. The standard InChI is InChI=1S/C31H37FN6/c1-5-27-25(15-20(2)22-8-11-33-12-9-22)31(37-36-27)29-19-26-28(35-29)10-13-34-30(26)23-16-21(17-24(32)18-23)7-6-14-38(3)4/h5,10,13,15-19,22,33,35-36H,2,6-9,11-12,14H2,1,3-4H3/b25-15+,27-5+. The average molecular weight is 513 g/mol. The number of halogens is 1. The van der Waals surface area contributed by atoms with Gasteiger partial charge in [-0.15, -0.1) is 0 Å². The third-order valence-electron chi connectivity index (χ3n) is 7.42. The lowest BCUT2D eigenvalue weighted by Gasteiger charge is -2.22. The van der Waals surface area contributed by atoms with Gasteiger partial charge in [0.25, 0.3) is 0 Å². The van der Waals surface area contributed by atoms with Crippen molar-refractivity contribution < 1.29 is 4.39 Å². The van der Waals surface area contributed by atoms with Gasteiger partial charge in [-0.25, -0.2) is 4.39 Å². The fourth-order valence-electron chi connectivity index (χ4n) is 5.37. The highest BCUT2D eigenvalue weighted by atomic mass is 19.1. The summed E-state index contributed by atoms with van der Waals surface area (Å²) >= 11 is 0. The fourth-order valence-corrected chi connectivity index (χ4v) is 5.37. The van der Waals surface area contributed by atoms with E-state index in [9.17, 15) is 4.39 Å². The van der Waals surface area contributed by atoms with Crippen molar-refractivity contribution in [2.45, 2.75) is 32.6 Å². The van der Waals surface area contributed by atoms with Gasteiger partial charge in [-0.2, -0.15) is 5.10 Å². The maximum absolute atomic E-state index is 14.7. The van der Waals surface area contributed by atoms with Gasteiger partial charge < -0.3 is 15.2 Å². The average Bonchev–Trinajstić information content (AvgIpc) is 3.52. The van der Waals surface area contributed by atoms with E-state index in [1.807, 2.05) is 19.1 Å². The molecule has 5 rings (SSSR count). The van der Waals surface area contributed by atoms with Crippen molar-refractivity contribution in [3.63, 3.8) is 0 Å². The topological polar surface area (TPSA) is 72.6 Å². The highest BCUT2D eigenvalue weighted by Crippen LogP contribution is 2.31. The molecule has 0 spiro atoms. The van der Waals surface area contributed by atoms with Crippen LogP contribution in [0.25, 0.3) is 45.7 Å². The molecule has 0 atom stereocenters. The number of rotatable bonds is 8. The lowest BCUT2D eigenvalue weighted by Crippen LogP contribution is -2.29. The van der Waals surface area contributed by atoms with Gasteiger partial charge in [0.2, 0.25) is 0 Å². The SMILES string of the molecule is C=C(/C=c1/c(-c2cc3c(-c4cc(F)cc(CCCN(C)C)c4)nccc3[nH]2)n[nH]/c1=C/C)C1CCNCC1. The molecule has 3 N–H and O–H groups in total. The predicted molar refractivity (Wildman–Crippen MR) is 155 cm³/mol. The first-order valence-electron chi connectivity index (χ1n) is 13.5. The Labute approximate surface area is 223 Å². The maximum atomic E-state index is 14.7. The van der Waals surface area contributed by atoms with Gasteiger partial charge in [0.1, 0.15) is 11.5 Å². The van der Waals surface area contributed by atoms with Crippen LogP contribution in [0.2, 0.25) is 0 Å². The van der Waals surface area contributed by atoms with Gasteiger partial charge in [0.15, 0.2) is 0 Å². The highest BCUT2D eigenvalue weighted by Gasteiger charge is 2.17. The van der Waals surface area contributed by atoms with Crippen LogP contribution in [0.15, 0.2) is 48.7 Å². The molecule has 1 aliphatic heterocycles. The summed E-state index contributed by atoms with van der Waals surface area (Å²) < 4.78 is 14.7. The van der Waals surface area contributed by atoms with Crippen molar-refractivity contribution in [2.24, 2.45) is 5.92 Å². The summed E-state index contributed by atoms with van der Waals surface area (Å²) in [4.78, 5) is 10.4. The molecule has 6 nitrogen and oxygen atoms in total. The van der Waals surface area contributed by atoms with E-state index in [2.05, 4.69) is 69.3 Å². The van der Waals surface area contributed by atoms with Crippen LogP contribution in [0.5, 0.6) is 0 Å². The number of allylic oxidation sites excluding steroid dienone is 1. The first-order chi connectivity index (χ1) is 18.4. The molecule has 1 saturated heterocycles. The smallest absolute Gasteiger partial charge is 0.124 e. The highest BCUT2D eigenvalue weighted by molar-refractivity contribution is 5.96. The molecule has 0 unspecified atom stereocenters. The lowest BCUT2D eigenvalue weighted by atomic mass is 9.90. The number of hydrogen-bond acceptors (Lipinski definition) is 4. The molecule has 4 aromatic rings. The van der Waals surface area contributed by atoms with Crippen LogP contribution in [0, 0.1) is 11.7 Å². The van der Waals surface area contributed by atoms with E-state index in [1.165, 1.54) is 0 Å². The Balaban J connectivity index is 1.54. The predicted octanol–water partition coefficient (Wildman–Crippen LogP) is 4.39. The van der Waals surface area contributed by atoms with Gasteiger partial charge in [-0.3, -0.25) is 10.1 Å². The number of benzene rings is 1. The largest absolute Gasteiger partial charge is 0.353 e. The van der Waals surface area contributed by atoms with Crippen LogP contribution in [0.3, 0.4) is 0 Å². The summed E-state index contributed by atoms with van der Waals surface area (Å²) in [6, 6.07) is 9.30. The number of aromatic amines is 2. The number of piperidine rings is 1. The molecular formula is C31H37FN6. The first kappa shape index (κ1) is 26.1. The lowest BCUT2D eigenvalue weighted by molar-refractivity contribution is 0.400. The summed E-state index contributed by atoms with van der Waals surface area (Å²) in [5.74, 6) is 0.239. The Morgan fingerprint density at radius 1 is 1.16 bits per heavy atom. The van der Waals surface area contributed by atoms with Crippen LogP contribution in [0.4, 0.5) is 4.39 Å². The van der Waals surface area contributed by atoms with Crippen molar-refractivity contribution in [3.8, 4) is 22.6 Å². The zero-order valence-corrected chi connectivity index (χ0v) is 22.6. The Bertz CT molecular complexity index is 1550. The fraction of sp³-hybridized carbons (Fsp3) is 0.355. The molecule has 198 valence electrons.